The number of carbonyl (C=O) groups is 2. The van der Waals surface area contributed by atoms with Crippen LogP contribution in [0, 0.1) is 5.41 Å². The Labute approximate surface area is 114 Å². The molecule has 0 heterocycles. The van der Waals surface area contributed by atoms with Crippen LogP contribution in [0.25, 0.3) is 0 Å². The lowest BCUT2D eigenvalue weighted by Gasteiger charge is -2.30. The van der Waals surface area contributed by atoms with Gasteiger partial charge < -0.3 is 10.5 Å². The molecule has 8 heteroatoms. The Balaban J connectivity index is 2.81. The molecule has 0 aromatic heterocycles. The summed E-state index contributed by atoms with van der Waals surface area (Å²) >= 11 is 4.25. The zero-order valence-electron chi connectivity index (χ0n) is 10.2. The van der Waals surface area contributed by atoms with Gasteiger partial charge in [0.15, 0.2) is 0 Å². The Hall–Kier alpha value is -0.760. The van der Waals surface area contributed by atoms with Crippen LogP contribution in [0.4, 0.5) is 13.2 Å². The summed E-state index contributed by atoms with van der Waals surface area (Å²) < 4.78 is 40.3. The predicted octanol–water partition coefficient (Wildman–Crippen LogP) is 1.83. The molecule has 0 aliphatic heterocycles. The van der Waals surface area contributed by atoms with E-state index in [4.69, 9.17) is 5.73 Å². The standard InChI is InChI=1S/C11H16F3NO3S/c12-11(13,14)9(17)18-8(16)10(5-2-6-15)4-1-3-7(10)19/h7,19H,1-6,15H2/t7-,10-/m0/s1. The molecule has 2 N–H and O–H groups in total. The molecule has 0 aromatic carbocycles. The zero-order chi connectivity index (χ0) is 14.7. The molecule has 0 aromatic rings. The van der Waals surface area contributed by atoms with Crippen LogP contribution < -0.4 is 5.73 Å². The van der Waals surface area contributed by atoms with Gasteiger partial charge in [0.25, 0.3) is 0 Å². The van der Waals surface area contributed by atoms with Crippen LogP contribution in [0.2, 0.25) is 0 Å². The monoisotopic (exact) mass is 299 g/mol. The van der Waals surface area contributed by atoms with Crippen molar-refractivity contribution in [1.29, 1.82) is 0 Å². The highest BCUT2D eigenvalue weighted by Crippen LogP contribution is 2.46. The van der Waals surface area contributed by atoms with Crippen LogP contribution in [0.3, 0.4) is 0 Å². The zero-order valence-corrected chi connectivity index (χ0v) is 11.1. The van der Waals surface area contributed by atoms with E-state index in [9.17, 15) is 22.8 Å². The molecule has 0 saturated heterocycles. The van der Waals surface area contributed by atoms with Crippen molar-refractivity contribution < 1.29 is 27.5 Å². The number of ether oxygens (including phenoxy) is 1. The Morgan fingerprint density at radius 1 is 1.42 bits per heavy atom. The predicted molar refractivity (Wildman–Crippen MR) is 64.5 cm³/mol. The van der Waals surface area contributed by atoms with Gasteiger partial charge in [0, 0.05) is 5.25 Å². The maximum absolute atomic E-state index is 12.1. The van der Waals surface area contributed by atoms with Crippen molar-refractivity contribution in [2.75, 3.05) is 6.54 Å². The van der Waals surface area contributed by atoms with E-state index in [0.717, 1.165) is 0 Å². The number of halogens is 3. The fourth-order valence-electron chi connectivity index (χ4n) is 2.35. The van der Waals surface area contributed by atoms with Crippen molar-refractivity contribution in [2.24, 2.45) is 11.1 Å². The summed E-state index contributed by atoms with van der Waals surface area (Å²) in [5.74, 6) is -3.61. The molecule has 0 radical (unpaired) electrons. The lowest BCUT2D eigenvalue weighted by Crippen LogP contribution is -2.41. The van der Waals surface area contributed by atoms with Crippen LogP contribution >= 0.6 is 12.6 Å². The summed E-state index contributed by atoms with van der Waals surface area (Å²) in [6.07, 6.45) is -2.80. The molecule has 0 bridgehead atoms. The van der Waals surface area contributed by atoms with Crippen molar-refractivity contribution >= 4 is 24.6 Å². The largest absolute Gasteiger partial charge is 0.491 e. The van der Waals surface area contributed by atoms with E-state index >= 15 is 0 Å². The van der Waals surface area contributed by atoms with Crippen LogP contribution in [0.1, 0.15) is 32.1 Å². The van der Waals surface area contributed by atoms with Crippen molar-refractivity contribution in [3.8, 4) is 0 Å². The number of rotatable bonds is 4. The van der Waals surface area contributed by atoms with E-state index in [1.807, 2.05) is 0 Å². The summed E-state index contributed by atoms with van der Waals surface area (Å²) in [5, 5.41) is -0.410. The maximum atomic E-state index is 12.1. The molecular formula is C11H16F3NO3S. The Morgan fingerprint density at radius 3 is 2.47 bits per heavy atom. The van der Waals surface area contributed by atoms with Gasteiger partial charge in [-0.3, -0.25) is 4.79 Å². The fraction of sp³-hybridized carbons (Fsp3) is 0.818. The van der Waals surface area contributed by atoms with Gasteiger partial charge in [0.1, 0.15) is 0 Å². The Bertz CT molecular complexity index is 362. The summed E-state index contributed by atoms with van der Waals surface area (Å²) in [7, 11) is 0. The molecule has 1 rings (SSSR count). The molecule has 2 atom stereocenters. The number of alkyl halides is 3. The highest BCUT2D eigenvalue weighted by molar-refractivity contribution is 7.81. The van der Waals surface area contributed by atoms with E-state index in [2.05, 4.69) is 17.4 Å². The van der Waals surface area contributed by atoms with Gasteiger partial charge in [-0.15, -0.1) is 0 Å². The molecule has 0 spiro atoms. The molecule has 19 heavy (non-hydrogen) atoms. The molecule has 0 amide bonds. The van der Waals surface area contributed by atoms with Crippen molar-refractivity contribution in [3.63, 3.8) is 0 Å². The highest BCUT2D eigenvalue weighted by atomic mass is 32.1. The van der Waals surface area contributed by atoms with E-state index in [-0.39, 0.29) is 6.42 Å². The average Bonchev–Trinajstić information content (AvgIpc) is 2.68. The minimum atomic E-state index is -5.17. The highest BCUT2D eigenvalue weighted by Gasteiger charge is 2.51. The summed E-state index contributed by atoms with van der Waals surface area (Å²) in [4.78, 5) is 22.6. The molecular weight excluding hydrogens is 283 g/mol. The molecule has 1 saturated carbocycles. The third-order valence-corrected chi connectivity index (χ3v) is 4.14. The summed E-state index contributed by atoms with van der Waals surface area (Å²) in [5.41, 5.74) is 4.22. The first-order valence-electron chi connectivity index (χ1n) is 5.95. The van der Waals surface area contributed by atoms with Crippen LogP contribution in [-0.2, 0) is 14.3 Å². The summed E-state index contributed by atoms with van der Waals surface area (Å²) in [6, 6.07) is 0. The molecule has 0 unspecified atom stereocenters. The number of nitrogens with two attached hydrogens (primary N) is 1. The van der Waals surface area contributed by atoms with E-state index < -0.39 is 28.8 Å². The summed E-state index contributed by atoms with van der Waals surface area (Å²) in [6.45, 7) is 0.308. The van der Waals surface area contributed by atoms with Gasteiger partial charge in [-0.25, -0.2) is 4.79 Å². The first-order chi connectivity index (χ1) is 8.74. The van der Waals surface area contributed by atoms with Crippen LogP contribution in [-0.4, -0.2) is 29.9 Å². The van der Waals surface area contributed by atoms with Gasteiger partial charge in [-0.1, -0.05) is 6.42 Å². The third-order valence-electron chi connectivity index (χ3n) is 3.39. The van der Waals surface area contributed by atoms with Gasteiger partial charge in [0.2, 0.25) is 0 Å². The SMILES string of the molecule is NCCC[C@@]1(C(=O)OC(=O)C(F)(F)F)CCC[C@@H]1S. The van der Waals surface area contributed by atoms with Crippen LogP contribution in [0.15, 0.2) is 0 Å². The molecule has 110 valence electrons. The smallest absolute Gasteiger partial charge is 0.386 e. The number of esters is 2. The van der Waals surface area contributed by atoms with Crippen LogP contribution in [0.5, 0.6) is 0 Å². The van der Waals surface area contributed by atoms with Gasteiger partial charge >= 0.3 is 18.1 Å². The first kappa shape index (κ1) is 16.3. The Kier molecular flexibility index (Phi) is 5.26. The second kappa shape index (κ2) is 6.13. The molecule has 4 nitrogen and oxygen atoms in total. The third kappa shape index (κ3) is 3.62. The maximum Gasteiger partial charge on any atom is 0.491 e. The van der Waals surface area contributed by atoms with Gasteiger partial charge in [-0.2, -0.15) is 25.8 Å². The second-order valence-electron chi connectivity index (χ2n) is 4.63. The van der Waals surface area contributed by atoms with E-state index in [0.29, 0.717) is 32.2 Å². The normalized spacial score (nSPS) is 27.3. The van der Waals surface area contributed by atoms with Gasteiger partial charge in [0.05, 0.1) is 5.41 Å². The lowest BCUT2D eigenvalue weighted by molar-refractivity contribution is -0.205. The molecule has 1 aliphatic rings. The fourth-order valence-corrected chi connectivity index (χ4v) is 2.89. The quantitative estimate of drug-likeness (QED) is 0.472. The second-order valence-corrected chi connectivity index (χ2v) is 5.25. The minimum Gasteiger partial charge on any atom is -0.386 e. The van der Waals surface area contributed by atoms with Gasteiger partial charge in [-0.05, 0) is 32.2 Å². The van der Waals surface area contributed by atoms with E-state index in [1.165, 1.54) is 0 Å². The van der Waals surface area contributed by atoms with Crippen molar-refractivity contribution in [1.82, 2.24) is 0 Å². The number of carbonyl (C=O) groups excluding carboxylic acids is 2. The Morgan fingerprint density at radius 2 is 2.05 bits per heavy atom. The molecule has 1 aliphatic carbocycles. The number of thiol groups is 1. The lowest BCUT2D eigenvalue weighted by atomic mass is 9.81. The van der Waals surface area contributed by atoms with Crippen molar-refractivity contribution in [3.05, 3.63) is 0 Å². The number of hydrogen-bond acceptors (Lipinski definition) is 5. The topological polar surface area (TPSA) is 69.4 Å². The molecule has 1 fully saturated rings. The van der Waals surface area contributed by atoms with Crippen molar-refractivity contribution in [2.45, 2.75) is 43.5 Å². The van der Waals surface area contributed by atoms with E-state index in [1.54, 1.807) is 0 Å². The number of hydrogen-bond donors (Lipinski definition) is 2. The minimum absolute atomic E-state index is 0.279. The first-order valence-corrected chi connectivity index (χ1v) is 6.47. The average molecular weight is 299 g/mol.